The third-order valence-electron chi connectivity index (χ3n) is 3.36. The van der Waals surface area contributed by atoms with Gasteiger partial charge in [-0.15, -0.1) is 0 Å². The smallest absolute Gasteiger partial charge is 0.0363 e. The first-order chi connectivity index (χ1) is 9.27. The van der Waals surface area contributed by atoms with Gasteiger partial charge in [0, 0.05) is 25.3 Å². The highest BCUT2D eigenvalue weighted by Crippen LogP contribution is 2.15. The Morgan fingerprint density at radius 3 is 2.68 bits per heavy atom. The highest BCUT2D eigenvalue weighted by molar-refractivity contribution is 7.07. The maximum atomic E-state index is 3.57. The topological polar surface area (TPSA) is 15.3 Å². The van der Waals surface area contributed by atoms with E-state index in [0.29, 0.717) is 6.04 Å². The Labute approximate surface area is 120 Å². The van der Waals surface area contributed by atoms with E-state index in [1.165, 1.54) is 11.3 Å². The van der Waals surface area contributed by atoms with E-state index in [-0.39, 0.29) is 0 Å². The highest BCUT2D eigenvalue weighted by Gasteiger charge is 2.04. The number of para-hydroxylation sites is 1. The van der Waals surface area contributed by atoms with E-state index in [1.54, 1.807) is 11.3 Å². The molecule has 2 rings (SSSR count). The number of benzene rings is 1. The van der Waals surface area contributed by atoms with Crippen LogP contribution in [0.3, 0.4) is 0 Å². The lowest BCUT2D eigenvalue weighted by Gasteiger charge is -2.20. The van der Waals surface area contributed by atoms with E-state index in [2.05, 4.69) is 71.3 Å². The van der Waals surface area contributed by atoms with Crippen LogP contribution >= 0.6 is 11.3 Å². The van der Waals surface area contributed by atoms with Gasteiger partial charge in [0.2, 0.25) is 0 Å². The molecule has 0 aliphatic rings. The summed E-state index contributed by atoms with van der Waals surface area (Å²) in [6, 6.07) is 13.2. The number of thiophene rings is 1. The van der Waals surface area contributed by atoms with Crippen LogP contribution in [0.5, 0.6) is 0 Å². The van der Waals surface area contributed by atoms with Gasteiger partial charge >= 0.3 is 0 Å². The maximum Gasteiger partial charge on any atom is 0.0363 e. The molecule has 2 aromatic rings. The van der Waals surface area contributed by atoms with Gasteiger partial charge in [-0.05, 0) is 54.4 Å². The molecule has 0 bridgehead atoms. The van der Waals surface area contributed by atoms with Gasteiger partial charge in [0.15, 0.2) is 0 Å². The third-order valence-corrected chi connectivity index (χ3v) is 4.06. The molecular formula is C16H22N2S. The minimum Gasteiger partial charge on any atom is -0.375 e. The van der Waals surface area contributed by atoms with Crippen LogP contribution in [0.15, 0.2) is 47.2 Å². The van der Waals surface area contributed by atoms with Crippen molar-refractivity contribution in [2.75, 3.05) is 25.0 Å². The van der Waals surface area contributed by atoms with Crippen LogP contribution in [0.2, 0.25) is 0 Å². The van der Waals surface area contributed by atoms with E-state index in [0.717, 1.165) is 19.5 Å². The van der Waals surface area contributed by atoms with Gasteiger partial charge in [-0.1, -0.05) is 18.2 Å². The van der Waals surface area contributed by atoms with Crippen molar-refractivity contribution in [2.45, 2.75) is 19.4 Å². The summed E-state index contributed by atoms with van der Waals surface area (Å²) in [5.74, 6) is 0. The maximum absolute atomic E-state index is 3.57. The van der Waals surface area contributed by atoms with Crippen LogP contribution in [0.4, 0.5) is 5.69 Å². The van der Waals surface area contributed by atoms with E-state index >= 15 is 0 Å². The molecule has 102 valence electrons. The fourth-order valence-electron chi connectivity index (χ4n) is 2.09. The Hall–Kier alpha value is -1.32. The van der Waals surface area contributed by atoms with Gasteiger partial charge in [-0.3, -0.25) is 0 Å². The average Bonchev–Trinajstić information content (AvgIpc) is 2.98. The van der Waals surface area contributed by atoms with Crippen LogP contribution in [-0.4, -0.2) is 20.1 Å². The van der Waals surface area contributed by atoms with Crippen LogP contribution < -0.4 is 10.2 Å². The summed E-state index contributed by atoms with van der Waals surface area (Å²) >= 11 is 1.76. The number of rotatable bonds is 7. The molecule has 1 heterocycles. The molecule has 3 heteroatoms. The normalized spacial score (nSPS) is 12.3. The van der Waals surface area contributed by atoms with Crippen molar-refractivity contribution in [1.29, 1.82) is 0 Å². The highest BCUT2D eigenvalue weighted by atomic mass is 32.1. The van der Waals surface area contributed by atoms with Gasteiger partial charge < -0.3 is 10.2 Å². The first-order valence-electron chi connectivity index (χ1n) is 6.79. The van der Waals surface area contributed by atoms with Crippen LogP contribution in [0, 0.1) is 0 Å². The predicted molar refractivity (Wildman–Crippen MR) is 85.1 cm³/mol. The minimum absolute atomic E-state index is 0.452. The zero-order chi connectivity index (χ0) is 13.5. The number of anilines is 1. The quantitative estimate of drug-likeness (QED) is 0.770. The summed E-state index contributed by atoms with van der Waals surface area (Å²) in [5.41, 5.74) is 2.68. The van der Waals surface area contributed by atoms with E-state index in [4.69, 9.17) is 0 Å². The van der Waals surface area contributed by atoms with Gasteiger partial charge in [-0.25, -0.2) is 0 Å². The Kier molecular flexibility index (Phi) is 5.43. The molecule has 2 nitrogen and oxygen atoms in total. The largest absolute Gasteiger partial charge is 0.375 e. The molecule has 0 spiro atoms. The van der Waals surface area contributed by atoms with Gasteiger partial charge in [-0.2, -0.15) is 11.3 Å². The number of hydrogen-bond donors (Lipinski definition) is 1. The van der Waals surface area contributed by atoms with Gasteiger partial charge in [0.25, 0.3) is 0 Å². The summed E-state index contributed by atoms with van der Waals surface area (Å²) in [6.45, 7) is 4.35. The zero-order valence-corrected chi connectivity index (χ0v) is 12.5. The Morgan fingerprint density at radius 1 is 1.21 bits per heavy atom. The third kappa shape index (κ3) is 4.37. The molecule has 1 unspecified atom stereocenters. The first kappa shape index (κ1) is 14.1. The van der Waals surface area contributed by atoms with E-state index < -0.39 is 0 Å². The number of hydrogen-bond acceptors (Lipinski definition) is 3. The molecule has 0 aliphatic heterocycles. The lowest BCUT2D eigenvalue weighted by Crippen LogP contribution is -2.25. The molecule has 0 aliphatic carbocycles. The average molecular weight is 274 g/mol. The summed E-state index contributed by atoms with van der Waals surface area (Å²) < 4.78 is 0. The molecule has 1 aromatic carbocycles. The zero-order valence-electron chi connectivity index (χ0n) is 11.7. The summed E-state index contributed by atoms with van der Waals surface area (Å²) in [7, 11) is 2.15. The van der Waals surface area contributed by atoms with Crippen molar-refractivity contribution >= 4 is 17.0 Å². The van der Waals surface area contributed by atoms with Crippen LogP contribution in [0.25, 0.3) is 0 Å². The van der Waals surface area contributed by atoms with Gasteiger partial charge in [0.1, 0.15) is 0 Å². The van der Waals surface area contributed by atoms with Crippen molar-refractivity contribution in [2.24, 2.45) is 0 Å². The van der Waals surface area contributed by atoms with Crippen molar-refractivity contribution in [3.63, 3.8) is 0 Å². The summed E-state index contributed by atoms with van der Waals surface area (Å²) in [5, 5.41) is 7.92. The molecule has 1 N–H and O–H groups in total. The van der Waals surface area contributed by atoms with Crippen molar-refractivity contribution in [1.82, 2.24) is 5.32 Å². The molecule has 1 atom stereocenters. The second-order valence-corrected chi connectivity index (χ2v) is 5.62. The lowest BCUT2D eigenvalue weighted by atomic mass is 10.2. The van der Waals surface area contributed by atoms with Crippen molar-refractivity contribution < 1.29 is 0 Å². The standard InChI is InChI=1S/C16H22N2S/c1-14(15-9-12-19-13-15)17-10-6-11-18(2)16-7-4-3-5-8-16/h3-5,7-9,12-14,17H,6,10-11H2,1-2H3. The molecule has 1 aromatic heterocycles. The molecule has 0 fully saturated rings. The Bertz CT molecular complexity index is 453. The minimum atomic E-state index is 0.452. The predicted octanol–water partition coefficient (Wildman–Crippen LogP) is 3.93. The monoisotopic (exact) mass is 274 g/mol. The molecule has 0 saturated carbocycles. The number of nitrogens with one attached hydrogen (secondary N) is 1. The van der Waals surface area contributed by atoms with E-state index in [9.17, 15) is 0 Å². The summed E-state index contributed by atoms with van der Waals surface area (Å²) in [4.78, 5) is 2.30. The van der Waals surface area contributed by atoms with Crippen molar-refractivity contribution in [3.8, 4) is 0 Å². The fraction of sp³-hybridized carbons (Fsp3) is 0.375. The molecular weight excluding hydrogens is 252 g/mol. The molecule has 0 amide bonds. The van der Waals surface area contributed by atoms with Gasteiger partial charge in [0.05, 0.1) is 0 Å². The Balaban J connectivity index is 1.67. The van der Waals surface area contributed by atoms with E-state index in [1.807, 2.05) is 0 Å². The molecule has 0 saturated heterocycles. The second kappa shape index (κ2) is 7.31. The lowest BCUT2D eigenvalue weighted by molar-refractivity contribution is 0.559. The summed E-state index contributed by atoms with van der Waals surface area (Å²) in [6.07, 6.45) is 1.15. The van der Waals surface area contributed by atoms with Crippen LogP contribution in [0.1, 0.15) is 24.9 Å². The molecule has 19 heavy (non-hydrogen) atoms. The Morgan fingerprint density at radius 2 is 2.00 bits per heavy atom. The SMILES string of the molecule is CC(NCCCN(C)c1ccccc1)c1ccsc1. The van der Waals surface area contributed by atoms with Crippen molar-refractivity contribution in [3.05, 3.63) is 52.7 Å². The molecule has 0 radical (unpaired) electrons. The first-order valence-corrected chi connectivity index (χ1v) is 7.73. The second-order valence-electron chi connectivity index (χ2n) is 4.84. The van der Waals surface area contributed by atoms with Crippen LogP contribution in [-0.2, 0) is 0 Å². The fourth-order valence-corrected chi connectivity index (χ4v) is 2.84. The number of nitrogens with zero attached hydrogens (tertiary/aromatic N) is 1.